The topological polar surface area (TPSA) is 64.1 Å². The first kappa shape index (κ1) is 11.2. The molecule has 0 aliphatic heterocycles. The second kappa shape index (κ2) is 4.57. The average Bonchev–Trinajstić information content (AvgIpc) is 2.50. The highest BCUT2D eigenvalue weighted by Crippen LogP contribution is 2.14. The number of aryl methyl sites for hydroxylation is 1. The molecule has 3 N–H and O–H groups in total. The lowest BCUT2D eigenvalue weighted by Gasteiger charge is -2.22. The second-order valence-corrected chi connectivity index (χ2v) is 3.84. The van der Waals surface area contributed by atoms with Crippen LogP contribution in [0.4, 0.5) is 0 Å². The van der Waals surface area contributed by atoms with Gasteiger partial charge in [0.15, 0.2) is 0 Å². The van der Waals surface area contributed by atoms with Gasteiger partial charge in [0.1, 0.15) is 5.82 Å². The molecule has 1 aromatic rings. The number of hydrogen-bond acceptors (Lipinski definition) is 3. The lowest BCUT2D eigenvalue weighted by molar-refractivity contribution is 0.0510. The standard InChI is InChI=1S/C10H19N3O/c1-3-13-7-6-12-9(13)8-10(2,14)4-5-11/h6-7,14H,3-5,8,11H2,1-2H3. The first-order valence-corrected chi connectivity index (χ1v) is 5.01. The van der Waals surface area contributed by atoms with Gasteiger partial charge in [-0.3, -0.25) is 0 Å². The molecule has 14 heavy (non-hydrogen) atoms. The fourth-order valence-electron chi connectivity index (χ4n) is 1.54. The molecule has 0 radical (unpaired) electrons. The van der Waals surface area contributed by atoms with E-state index in [1.165, 1.54) is 0 Å². The van der Waals surface area contributed by atoms with Gasteiger partial charge in [0.05, 0.1) is 5.60 Å². The fourth-order valence-corrected chi connectivity index (χ4v) is 1.54. The van der Waals surface area contributed by atoms with E-state index in [0.29, 0.717) is 19.4 Å². The van der Waals surface area contributed by atoms with Gasteiger partial charge in [-0.2, -0.15) is 0 Å². The lowest BCUT2D eigenvalue weighted by atomic mass is 9.98. The Morgan fingerprint density at radius 1 is 1.64 bits per heavy atom. The van der Waals surface area contributed by atoms with E-state index in [9.17, 15) is 5.11 Å². The molecule has 4 heteroatoms. The van der Waals surface area contributed by atoms with Crippen molar-refractivity contribution in [3.05, 3.63) is 18.2 Å². The van der Waals surface area contributed by atoms with E-state index < -0.39 is 5.60 Å². The Hall–Kier alpha value is -0.870. The highest BCUT2D eigenvalue weighted by molar-refractivity contribution is 4.97. The Labute approximate surface area is 84.8 Å². The SMILES string of the molecule is CCn1ccnc1CC(C)(O)CCN. The first-order chi connectivity index (χ1) is 6.59. The van der Waals surface area contributed by atoms with Crippen molar-refractivity contribution >= 4 is 0 Å². The van der Waals surface area contributed by atoms with Crippen molar-refractivity contribution in [1.29, 1.82) is 0 Å². The van der Waals surface area contributed by atoms with Crippen LogP contribution in [0, 0.1) is 0 Å². The summed E-state index contributed by atoms with van der Waals surface area (Å²) in [5, 5.41) is 9.97. The van der Waals surface area contributed by atoms with Crippen LogP contribution in [-0.4, -0.2) is 26.8 Å². The molecule has 0 aliphatic rings. The van der Waals surface area contributed by atoms with E-state index in [1.807, 2.05) is 10.8 Å². The molecule has 0 fully saturated rings. The normalized spacial score (nSPS) is 15.4. The predicted molar refractivity (Wildman–Crippen MR) is 55.9 cm³/mol. The number of rotatable bonds is 5. The van der Waals surface area contributed by atoms with Crippen molar-refractivity contribution in [2.45, 2.75) is 38.8 Å². The van der Waals surface area contributed by atoms with Crippen LogP contribution in [-0.2, 0) is 13.0 Å². The third-order valence-corrected chi connectivity index (χ3v) is 2.36. The van der Waals surface area contributed by atoms with Gasteiger partial charge in [-0.15, -0.1) is 0 Å². The molecule has 4 nitrogen and oxygen atoms in total. The van der Waals surface area contributed by atoms with E-state index >= 15 is 0 Å². The minimum atomic E-state index is -0.743. The number of hydrogen-bond donors (Lipinski definition) is 2. The van der Waals surface area contributed by atoms with Crippen molar-refractivity contribution in [2.75, 3.05) is 6.54 Å². The summed E-state index contributed by atoms with van der Waals surface area (Å²) >= 11 is 0. The van der Waals surface area contributed by atoms with E-state index in [-0.39, 0.29) is 0 Å². The van der Waals surface area contributed by atoms with Gasteiger partial charge >= 0.3 is 0 Å². The van der Waals surface area contributed by atoms with Gasteiger partial charge in [-0.05, 0) is 26.8 Å². The number of aromatic nitrogens is 2. The summed E-state index contributed by atoms with van der Waals surface area (Å²) < 4.78 is 2.03. The molecule has 0 saturated heterocycles. The molecule has 0 spiro atoms. The average molecular weight is 197 g/mol. The van der Waals surface area contributed by atoms with Crippen LogP contribution in [0.3, 0.4) is 0 Å². The van der Waals surface area contributed by atoms with E-state index in [0.717, 1.165) is 12.4 Å². The Morgan fingerprint density at radius 2 is 2.36 bits per heavy atom. The molecule has 0 bridgehead atoms. The van der Waals surface area contributed by atoms with E-state index in [4.69, 9.17) is 5.73 Å². The molecular formula is C10H19N3O. The Bertz CT molecular complexity index is 281. The Balaban J connectivity index is 2.67. The predicted octanol–water partition coefficient (Wildman–Crippen LogP) is 0.545. The molecular weight excluding hydrogens is 178 g/mol. The van der Waals surface area contributed by atoms with Crippen LogP contribution in [0.2, 0.25) is 0 Å². The zero-order chi connectivity index (χ0) is 10.6. The van der Waals surface area contributed by atoms with Gasteiger partial charge in [0, 0.05) is 25.4 Å². The Morgan fingerprint density at radius 3 is 2.93 bits per heavy atom. The van der Waals surface area contributed by atoms with Crippen LogP contribution >= 0.6 is 0 Å². The molecule has 1 unspecified atom stereocenters. The lowest BCUT2D eigenvalue weighted by Crippen LogP contribution is -2.31. The molecule has 1 rings (SSSR count). The summed E-state index contributed by atoms with van der Waals surface area (Å²) in [6.07, 6.45) is 4.85. The van der Waals surface area contributed by atoms with Gasteiger partial charge in [0.25, 0.3) is 0 Å². The van der Waals surface area contributed by atoms with Gasteiger partial charge < -0.3 is 15.4 Å². The molecule has 1 aromatic heterocycles. The molecule has 0 saturated carbocycles. The number of aliphatic hydroxyl groups is 1. The van der Waals surface area contributed by atoms with Gasteiger partial charge in [-0.25, -0.2) is 4.98 Å². The summed E-state index contributed by atoms with van der Waals surface area (Å²) in [7, 11) is 0. The smallest absolute Gasteiger partial charge is 0.111 e. The molecule has 0 amide bonds. The van der Waals surface area contributed by atoms with E-state index in [1.54, 1.807) is 13.1 Å². The summed E-state index contributed by atoms with van der Waals surface area (Å²) in [5.74, 6) is 0.922. The maximum Gasteiger partial charge on any atom is 0.111 e. The third-order valence-electron chi connectivity index (χ3n) is 2.36. The molecule has 80 valence electrons. The first-order valence-electron chi connectivity index (χ1n) is 5.01. The Kier molecular flexibility index (Phi) is 3.66. The van der Waals surface area contributed by atoms with Crippen LogP contribution in [0.5, 0.6) is 0 Å². The quantitative estimate of drug-likeness (QED) is 0.724. The maximum absolute atomic E-state index is 9.97. The van der Waals surface area contributed by atoms with Gasteiger partial charge in [-0.1, -0.05) is 0 Å². The summed E-state index contributed by atoms with van der Waals surface area (Å²) in [6, 6.07) is 0. The molecule has 1 heterocycles. The van der Waals surface area contributed by atoms with Crippen LogP contribution in [0.1, 0.15) is 26.1 Å². The third kappa shape index (κ3) is 2.82. The number of nitrogens with two attached hydrogens (primary N) is 1. The van der Waals surface area contributed by atoms with Crippen LogP contribution in [0.25, 0.3) is 0 Å². The number of nitrogens with zero attached hydrogens (tertiary/aromatic N) is 2. The van der Waals surface area contributed by atoms with Crippen LogP contribution < -0.4 is 5.73 Å². The highest BCUT2D eigenvalue weighted by Gasteiger charge is 2.21. The fraction of sp³-hybridized carbons (Fsp3) is 0.700. The zero-order valence-electron chi connectivity index (χ0n) is 8.90. The second-order valence-electron chi connectivity index (χ2n) is 3.84. The molecule has 0 aromatic carbocycles. The van der Waals surface area contributed by atoms with Crippen molar-refractivity contribution < 1.29 is 5.11 Å². The van der Waals surface area contributed by atoms with Crippen molar-refractivity contribution in [3.8, 4) is 0 Å². The number of imidazole rings is 1. The maximum atomic E-state index is 9.97. The van der Waals surface area contributed by atoms with Gasteiger partial charge in [0.2, 0.25) is 0 Å². The zero-order valence-corrected chi connectivity index (χ0v) is 8.90. The largest absolute Gasteiger partial charge is 0.390 e. The summed E-state index contributed by atoms with van der Waals surface area (Å²) in [4.78, 5) is 4.22. The summed E-state index contributed by atoms with van der Waals surface area (Å²) in [6.45, 7) is 5.24. The minimum Gasteiger partial charge on any atom is -0.390 e. The van der Waals surface area contributed by atoms with Crippen LogP contribution in [0.15, 0.2) is 12.4 Å². The van der Waals surface area contributed by atoms with Crippen molar-refractivity contribution in [2.24, 2.45) is 5.73 Å². The highest BCUT2D eigenvalue weighted by atomic mass is 16.3. The monoisotopic (exact) mass is 197 g/mol. The van der Waals surface area contributed by atoms with E-state index in [2.05, 4.69) is 11.9 Å². The molecule has 0 aliphatic carbocycles. The molecule has 1 atom stereocenters. The van der Waals surface area contributed by atoms with Crippen molar-refractivity contribution in [3.63, 3.8) is 0 Å². The van der Waals surface area contributed by atoms with Crippen molar-refractivity contribution in [1.82, 2.24) is 9.55 Å². The minimum absolute atomic E-state index is 0.500. The summed E-state index contributed by atoms with van der Waals surface area (Å²) in [5.41, 5.74) is 4.68.